The first-order chi connectivity index (χ1) is 9.78. The Kier molecular flexibility index (Phi) is 2.71. The number of nitrogens with zero attached hydrogens (tertiary/aromatic N) is 2. The molecule has 0 radical (unpaired) electrons. The molecule has 2 aliphatic rings. The molecule has 2 aromatic heterocycles. The van der Waals surface area contributed by atoms with E-state index in [1.54, 1.807) is 6.20 Å². The van der Waals surface area contributed by atoms with Crippen molar-refractivity contribution < 1.29 is 0 Å². The van der Waals surface area contributed by atoms with E-state index in [1.807, 2.05) is 24.5 Å². The molecule has 3 nitrogen and oxygen atoms in total. The highest BCUT2D eigenvalue weighted by molar-refractivity contribution is 6.32. The van der Waals surface area contributed by atoms with Crippen LogP contribution in [0.2, 0.25) is 5.02 Å². The molecule has 0 amide bonds. The van der Waals surface area contributed by atoms with Gasteiger partial charge in [0.2, 0.25) is 0 Å². The average Bonchev–Trinajstić information content (AvgIpc) is 3.07. The quantitative estimate of drug-likeness (QED) is 0.867. The van der Waals surface area contributed by atoms with Crippen molar-refractivity contribution in [3.05, 3.63) is 52.9 Å². The Labute approximate surface area is 123 Å². The summed E-state index contributed by atoms with van der Waals surface area (Å²) in [7, 11) is 0. The van der Waals surface area contributed by atoms with Crippen molar-refractivity contribution in [1.29, 1.82) is 0 Å². The molecule has 1 fully saturated rings. The largest absolute Gasteiger partial charge is 0.369 e. The number of halogens is 1. The van der Waals surface area contributed by atoms with Crippen LogP contribution in [0.4, 0.5) is 5.82 Å². The molecule has 4 heteroatoms. The second-order valence-electron chi connectivity index (χ2n) is 5.88. The lowest BCUT2D eigenvalue weighted by atomic mass is 9.80. The minimum atomic E-state index is 0.154. The van der Waals surface area contributed by atoms with E-state index in [0.717, 1.165) is 30.2 Å². The van der Waals surface area contributed by atoms with Crippen LogP contribution in [0.1, 0.15) is 36.3 Å². The van der Waals surface area contributed by atoms with E-state index < -0.39 is 0 Å². The Morgan fingerprint density at radius 1 is 1.30 bits per heavy atom. The van der Waals surface area contributed by atoms with Gasteiger partial charge in [0.15, 0.2) is 0 Å². The lowest BCUT2D eigenvalue weighted by Gasteiger charge is -2.24. The van der Waals surface area contributed by atoms with Crippen molar-refractivity contribution in [3.63, 3.8) is 0 Å². The van der Waals surface area contributed by atoms with Crippen LogP contribution >= 0.6 is 11.6 Å². The summed E-state index contributed by atoms with van der Waals surface area (Å²) in [6.45, 7) is 0.954. The van der Waals surface area contributed by atoms with E-state index in [-0.39, 0.29) is 5.41 Å². The van der Waals surface area contributed by atoms with Gasteiger partial charge < -0.3 is 5.32 Å². The van der Waals surface area contributed by atoms with E-state index >= 15 is 0 Å². The fraction of sp³-hybridized carbons (Fsp3) is 0.375. The van der Waals surface area contributed by atoms with Crippen LogP contribution in [0, 0.1) is 0 Å². The lowest BCUT2D eigenvalue weighted by molar-refractivity contribution is 0.481. The van der Waals surface area contributed by atoms with Crippen molar-refractivity contribution in [2.45, 2.75) is 30.6 Å². The molecule has 0 aromatic carbocycles. The monoisotopic (exact) mass is 285 g/mol. The molecule has 3 heterocycles. The van der Waals surface area contributed by atoms with Crippen LogP contribution in [0.3, 0.4) is 0 Å². The van der Waals surface area contributed by atoms with Gasteiger partial charge in [-0.25, -0.2) is 4.98 Å². The average molecular weight is 286 g/mol. The van der Waals surface area contributed by atoms with Crippen molar-refractivity contribution in [1.82, 2.24) is 9.97 Å². The molecule has 0 bridgehead atoms. The minimum absolute atomic E-state index is 0.154. The molecular weight excluding hydrogens is 270 g/mol. The van der Waals surface area contributed by atoms with Gasteiger partial charge in [0, 0.05) is 41.1 Å². The zero-order valence-corrected chi connectivity index (χ0v) is 11.9. The van der Waals surface area contributed by atoms with Gasteiger partial charge in [-0.3, -0.25) is 4.98 Å². The van der Waals surface area contributed by atoms with E-state index in [2.05, 4.69) is 21.4 Å². The first kappa shape index (κ1) is 12.2. The van der Waals surface area contributed by atoms with Gasteiger partial charge in [0.1, 0.15) is 5.82 Å². The lowest BCUT2D eigenvalue weighted by Crippen LogP contribution is -2.25. The Balaban J connectivity index is 1.70. The number of hydrogen-bond acceptors (Lipinski definition) is 3. The number of fused-ring (bicyclic) bond motifs is 2. The summed E-state index contributed by atoms with van der Waals surface area (Å²) in [6.07, 6.45) is 9.10. The molecule has 0 saturated heterocycles. The number of nitrogens with one attached hydrogen (secondary N) is 1. The third-order valence-electron chi connectivity index (χ3n) is 4.79. The maximum absolute atomic E-state index is 6.44. The summed E-state index contributed by atoms with van der Waals surface area (Å²) in [5.74, 6) is 1.55. The van der Waals surface area contributed by atoms with Gasteiger partial charge in [-0.1, -0.05) is 17.7 Å². The predicted octanol–water partition coefficient (Wildman–Crippen LogP) is 3.76. The summed E-state index contributed by atoms with van der Waals surface area (Å²) in [5, 5.41) is 4.29. The van der Waals surface area contributed by atoms with Crippen molar-refractivity contribution in [2.24, 2.45) is 0 Å². The second kappa shape index (κ2) is 4.45. The van der Waals surface area contributed by atoms with Gasteiger partial charge >= 0.3 is 0 Å². The molecule has 20 heavy (non-hydrogen) atoms. The Bertz CT molecular complexity index is 643. The molecule has 4 rings (SSSR count). The third-order valence-corrected chi connectivity index (χ3v) is 5.10. The van der Waals surface area contributed by atoms with Gasteiger partial charge in [0.25, 0.3) is 0 Å². The number of hydrogen-bond donors (Lipinski definition) is 1. The number of anilines is 1. The van der Waals surface area contributed by atoms with Crippen LogP contribution in [0.15, 0.2) is 36.8 Å². The number of rotatable bonds is 1. The van der Waals surface area contributed by atoms with Crippen LogP contribution in [0.25, 0.3) is 0 Å². The number of aromatic nitrogens is 2. The molecule has 1 aliphatic heterocycles. The van der Waals surface area contributed by atoms with Crippen LogP contribution < -0.4 is 5.32 Å². The molecular formula is C16H16ClN3. The molecule has 1 N–H and O–H groups in total. The van der Waals surface area contributed by atoms with Crippen molar-refractivity contribution in [2.75, 3.05) is 11.9 Å². The highest BCUT2D eigenvalue weighted by atomic mass is 35.5. The summed E-state index contributed by atoms with van der Waals surface area (Å²) in [5.41, 5.74) is 2.73. The Hall–Kier alpha value is -1.61. The van der Waals surface area contributed by atoms with Crippen LogP contribution in [0.5, 0.6) is 0 Å². The zero-order chi connectivity index (χ0) is 13.6. The normalized spacial score (nSPS) is 27.6. The summed E-state index contributed by atoms with van der Waals surface area (Å²) < 4.78 is 0. The molecule has 1 spiro atoms. The van der Waals surface area contributed by atoms with Crippen molar-refractivity contribution in [3.8, 4) is 0 Å². The molecule has 1 aliphatic carbocycles. The van der Waals surface area contributed by atoms with E-state index in [1.165, 1.54) is 17.5 Å². The molecule has 102 valence electrons. The third kappa shape index (κ3) is 1.73. The summed E-state index contributed by atoms with van der Waals surface area (Å²) in [6, 6.07) is 6.12. The Morgan fingerprint density at radius 3 is 3.10 bits per heavy atom. The van der Waals surface area contributed by atoms with Gasteiger partial charge in [-0.15, -0.1) is 0 Å². The summed E-state index contributed by atoms with van der Waals surface area (Å²) >= 11 is 6.44. The topological polar surface area (TPSA) is 37.8 Å². The van der Waals surface area contributed by atoms with Crippen molar-refractivity contribution >= 4 is 17.4 Å². The fourth-order valence-corrected chi connectivity index (χ4v) is 4.18. The molecule has 2 atom stereocenters. The zero-order valence-electron chi connectivity index (χ0n) is 11.1. The van der Waals surface area contributed by atoms with Gasteiger partial charge in [-0.05, 0) is 42.9 Å². The Morgan fingerprint density at radius 2 is 2.25 bits per heavy atom. The highest BCUT2D eigenvalue weighted by Gasteiger charge is 2.47. The smallest absolute Gasteiger partial charge is 0.131 e. The molecule has 1 saturated carbocycles. The first-order valence-electron chi connectivity index (χ1n) is 7.07. The number of pyridine rings is 2. The van der Waals surface area contributed by atoms with E-state index in [0.29, 0.717) is 5.92 Å². The van der Waals surface area contributed by atoms with E-state index in [4.69, 9.17) is 11.6 Å². The SMILES string of the molecule is Clc1ccnc2c1C1(CCC(c3cccnc3)C1)CN2. The van der Waals surface area contributed by atoms with Gasteiger partial charge in [-0.2, -0.15) is 0 Å². The minimum Gasteiger partial charge on any atom is -0.369 e. The second-order valence-corrected chi connectivity index (χ2v) is 6.28. The summed E-state index contributed by atoms with van der Waals surface area (Å²) in [4.78, 5) is 8.68. The van der Waals surface area contributed by atoms with Gasteiger partial charge in [0.05, 0.1) is 0 Å². The fourth-order valence-electron chi connectivity index (χ4n) is 3.83. The standard InChI is InChI=1S/C16H16ClN3/c17-13-4-7-19-15-14(13)16(10-20-15)5-3-11(8-16)12-2-1-6-18-9-12/h1-2,4,6-7,9,11H,3,5,8,10H2,(H,19,20). The van der Waals surface area contributed by atoms with Crippen LogP contribution in [-0.4, -0.2) is 16.5 Å². The predicted molar refractivity (Wildman–Crippen MR) is 80.2 cm³/mol. The first-order valence-corrected chi connectivity index (χ1v) is 7.45. The maximum Gasteiger partial charge on any atom is 0.131 e. The molecule has 2 aromatic rings. The van der Waals surface area contributed by atoms with E-state index in [9.17, 15) is 0 Å². The maximum atomic E-state index is 6.44. The highest BCUT2D eigenvalue weighted by Crippen LogP contribution is 2.54. The molecule has 2 unspecified atom stereocenters. The van der Waals surface area contributed by atoms with Crippen LogP contribution in [-0.2, 0) is 5.41 Å².